The Labute approximate surface area is 188 Å². The number of aromatic nitrogens is 3. The van der Waals surface area contributed by atoms with Crippen LogP contribution in [0.1, 0.15) is 23.4 Å². The Balaban J connectivity index is 1.54. The lowest BCUT2D eigenvalue weighted by Gasteiger charge is -2.13. The number of nitrogens with zero attached hydrogens (tertiary/aromatic N) is 3. The van der Waals surface area contributed by atoms with Gasteiger partial charge in [-0.3, -0.25) is 9.36 Å². The highest BCUT2D eigenvalue weighted by molar-refractivity contribution is 7.99. The second kappa shape index (κ2) is 9.89. The molecule has 0 radical (unpaired) electrons. The lowest BCUT2D eigenvalue weighted by molar-refractivity contribution is -0.119. The van der Waals surface area contributed by atoms with Gasteiger partial charge in [-0.15, -0.1) is 21.5 Å². The number of hydrogen-bond acceptors (Lipinski definition) is 5. The van der Waals surface area contributed by atoms with Gasteiger partial charge in [-0.05, 0) is 36.1 Å². The first-order valence-electron chi connectivity index (χ1n) is 9.79. The van der Waals surface area contributed by atoms with Gasteiger partial charge < -0.3 is 5.32 Å². The van der Waals surface area contributed by atoms with E-state index in [-0.39, 0.29) is 23.5 Å². The molecule has 2 aromatic heterocycles. The average Bonchev–Trinajstić information content (AvgIpc) is 3.44. The number of halogens is 1. The van der Waals surface area contributed by atoms with Gasteiger partial charge in [0.25, 0.3) is 0 Å². The zero-order chi connectivity index (χ0) is 21.6. The minimum absolute atomic E-state index is 0.0516. The highest BCUT2D eigenvalue weighted by Crippen LogP contribution is 2.27. The van der Waals surface area contributed by atoms with Crippen LogP contribution < -0.4 is 5.32 Å². The van der Waals surface area contributed by atoms with E-state index in [9.17, 15) is 9.18 Å². The van der Waals surface area contributed by atoms with E-state index < -0.39 is 0 Å². The van der Waals surface area contributed by atoms with E-state index in [4.69, 9.17) is 0 Å². The summed E-state index contributed by atoms with van der Waals surface area (Å²) in [7, 11) is 0. The molecule has 0 saturated heterocycles. The van der Waals surface area contributed by atoms with Crippen LogP contribution in [0.25, 0.3) is 11.4 Å². The van der Waals surface area contributed by atoms with Gasteiger partial charge in [-0.2, -0.15) is 0 Å². The molecule has 5 nitrogen and oxygen atoms in total. The van der Waals surface area contributed by atoms with Gasteiger partial charge in [0, 0.05) is 4.88 Å². The largest absolute Gasteiger partial charge is 0.348 e. The molecule has 0 aliphatic heterocycles. The van der Waals surface area contributed by atoms with E-state index in [0.717, 1.165) is 10.4 Å². The molecule has 0 saturated carbocycles. The van der Waals surface area contributed by atoms with E-state index >= 15 is 0 Å². The van der Waals surface area contributed by atoms with Crippen LogP contribution in [0.3, 0.4) is 0 Å². The fourth-order valence-corrected chi connectivity index (χ4v) is 4.65. The van der Waals surface area contributed by atoms with Crippen molar-refractivity contribution in [3.8, 4) is 11.4 Å². The number of thioether (sulfide) groups is 1. The predicted octanol–water partition coefficient (Wildman–Crippen LogP) is 5.16. The molecule has 31 heavy (non-hydrogen) atoms. The Hall–Kier alpha value is -2.97. The number of amides is 1. The number of carbonyl (C=O) groups excluding carboxylic acids is 1. The summed E-state index contributed by atoms with van der Waals surface area (Å²) in [5.41, 5.74) is 1.42. The van der Waals surface area contributed by atoms with Crippen LogP contribution >= 0.6 is 23.1 Å². The quantitative estimate of drug-likeness (QED) is 0.375. The molecule has 8 heteroatoms. The molecule has 0 bridgehead atoms. The van der Waals surface area contributed by atoms with Crippen molar-refractivity contribution in [2.45, 2.75) is 24.7 Å². The summed E-state index contributed by atoms with van der Waals surface area (Å²) in [5, 5.41) is 14.1. The fraction of sp³-hybridized carbons (Fsp3) is 0.174. The Morgan fingerprint density at radius 2 is 1.87 bits per heavy atom. The van der Waals surface area contributed by atoms with E-state index in [0.29, 0.717) is 23.1 Å². The zero-order valence-corrected chi connectivity index (χ0v) is 18.5. The standard InChI is InChI=1S/C23H21FN4OS2/c1-16(20-12-7-13-30-20)25-21(29)15-31-23-27-26-22(18-10-5-6-11-19(18)24)28(23)14-17-8-3-2-4-9-17/h2-13,16H,14-15H2,1H3,(H,25,29). The van der Waals surface area contributed by atoms with Crippen LogP contribution in [0.4, 0.5) is 4.39 Å². The molecular weight excluding hydrogens is 431 g/mol. The Bertz CT molecular complexity index is 1150. The normalized spacial score (nSPS) is 11.9. The molecule has 0 spiro atoms. The number of rotatable bonds is 8. The maximum Gasteiger partial charge on any atom is 0.230 e. The van der Waals surface area contributed by atoms with Gasteiger partial charge in [0.1, 0.15) is 5.82 Å². The lowest BCUT2D eigenvalue weighted by atomic mass is 10.2. The molecule has 1 atom stereocenters. The van der Waals surface area contributed by atoms with Gasteiger partial charge in [0.15, 0.2) is 11.0 Å². The van der Waals surface area contributed by atoms with Crippen LogP contribution in [-0.4, -0.2) is 26.4 Å². The van der Waals surface area contributed by atoms with Crippen molar-refractivity contribution in [1.29, 1.82) is 0 Å². The summed E-state index contributed by atoms with van der Waals surface area (Å²) >= 11 is 2.90. The maximum atomic E-state index is 14.4. The number of benzene rings is 2. The molecule has 1 unspecified atom stereocenters. The van der Waals surface area contributed by atoms with E-state index in [1.165, 1.54) is 17.8 Å². The fourth-order valence-electron chi connectivity index (χ4n) is 3.17. The smallest absolute Gasteiger partial charge is 0.230 e. The second-order valence-corrected chi connectivity index (χ2v) is 8.87. The van der Waals surface area contributed by atoms with Crippen molar-refractivity contribution in [1.82, 2.24) is 20.1 Å². The molecule has 0 fully saturated rings. The van der Waals surface area contributed by atoms with Crippen LogP contribution in [0, 0.1) is 5.82 Å². The second-order valence-electron chi connectivity index (χ2n) is 6.95. The summed E-state index contributed by atoms with van der Waals surface area (Å²) in [6, 6.07) is 20.3. The number of thiophene rings is 1. The number of carbonyl (C=O) groups is 1. The van der Waals surface area contributed by atoms with Crippen LogP contribution in [0.5, 0.6) is 0 Å². The first kappa shape index (κ1) is 21.3. The Morgan fingerprint density at radius 3 is 2.61 bits per heavy atom. The summed E-state index contributed by atoms with van der Waals surface area (Å²) in [4.78, 5) is 13.6. The zero-order valence-electron chi connectivity index (χ0n) is 16.9. The molecule has 0 aliphatic rings. The topological polar surface area (TPSA) is 59.8 Å². The first-order valence-corrected chi connectivity index (χ1v) is 11.7. The van der Waals surface area contributed by atoms with Crippen molar-refractivity contribution in [2.75, 3.05) is 5.75 Å². The SMILES string of the molecule is CC(NC(=O)CSc1nnc(-c2ccccc2F)n1Cc1ccccc1)c1cccs1. The minimum atomic E-state index is -0.358. The van der Waals surface area contributed by atoms with E-state index in [1.54, 1.807) is 29.5 Å². The number of hydrogen-bond donors (Lipinski definition) is 1. The van der Waals surface area contributed by atoms with Gasteiger partial charge in [0.05, 0.1) is 23.9 Å². The first-order chi connectivity index (χ1) is 15.1. The third-order valence-corrected chi connectivity index (χ3v) is 6.72. The van der Waals surface area contributed by atoms with Gasteiger partial charge in [-0.1, -0.05) is 60.3 Å². The lowest BCUT2D eigenvalue weighted by Crippen LogP contribution is -2.27. The van der Waals surface area contributed by atoms with Gasteiger partial charge in [-0.25, -0.2) is 4.39 Å². The molecule has 1 N–H and O–H groups in total. The molecular formula is C23H21FN4OS2. The third-order valence-electron chi connectivity index (χ3n) is 4.69. The Morgan fingerprint density at radius 1 is 1.10 bits per heavy atom. The molecule has 4 aromatic rings. The van der Waals surface area contributed by atoms with E-state index in [1.807, 2.05) is 59.3 Å². The van der Waals surface area contributed by atoms with E-state index in [2.05, 4.69) is 15.5 Å². The van der Waals surface area contributed by atoms with Crippen molar-refractivity contribution in [3.05, 3.63) is 88.4 Å². The molecule has 4 rings (SSSR count). The summed E-state index contributed by atoms with van der Waals surface area (Å²) in [5.74, 6) is 0.188. The summed E-state index contributed by atoms with van der Waals surface area (Å²) < 4.78 is 16.3. The molecule has 0 aliphatic carbocycles. The van der Waals surface area contributed by atoms with Gasteiger partial charge in [0.2, 0.25) is 5.91 Å². The summed E-state index contributed by atoms with van der Waals surface area (Å²) in [6.07, 6.45) is 0. The number of nitrogens with one attached hydrogen (secondary N) is 1. The van der Waals surface area contributed by atoms with Crippen molar-refractivity contribution < 1.29 is 9.18 Å². The minimum Gasteiger partial charge on any atom is -0.348 e. The average molecular weight is 453 g/mol. The highest BCUT2D eigenvalue weighted by Gasteiger charge is 2.19. The maximum absolute atomic E-state index is 14.4. The molecule has 2 heterocycles. The third kappa shape index (κ3) is 5.21. The van der Waals surface area contributed by atoms with Gasteiger partial charge >= 0.3 is 0 Å². The Kier molecular flexibility index (Phi) is 6.79. The van der Waals surface area contributed by atoms with Crippen LogP contribution in [-0.2, 0) is 11.3 Å². The van der Waals surface area contributed by atoms with Crippen molar-refractivity contribution in [2.24, 2.45) is 0 Å². The summed E-state index contributed by atoms with van der Waals surface area (Å²) in [6.45, 7) is 2.44. The predicted molar refractivity (Wildman–Crippen MR) is 123 cm³/mol. The molecule has 158 valence electrons. The van der Waals surface area contributed by atoms with Crippen molar-refractivity contribution in [3.63, 3.8) is 0 Å². The monoisotopic (exact) mass is 452 g/mol. The highest BCUT2D eigenvalue weighted by atomic mass is 32.2. The van der Waals surface area contributed by atoms with Crippen LogP contribution in [0.2, 0.25) is 0 Å². The van der Waals surface area contributed by atoms with Crippen molar-refractivity contribution >= 4 is 29.0 Å². The molecule has 2 aromatic carbocycles. The molecule has 1 amide bonds. The van der Waals surface area contributed by atoms with Crippen LogP contribution in [0.15, 0.2) is 77.3 Å².